The van der Waals surface area contributed by atoms with Crippen molar-refractivity contribution in [3.63, 3.8) is 0 Å². The highest BCUT2D eigenvalue weighted by Gasteiger charge is 2.12. The topological polar surface area (TPSA) is 81.1 Å². The summed E-state index contributed by atoms with van der Waals surface area (Å²) >= 11 is 0. The minimum atomic E-state index is -0.400. The van der Waals surface area contributed by atoms with Crippen molar-refractivity contribution in [2.75, 3.05) is 45.9 Å². The summed E-state index contributed by atoms with van der Waals surface area (Å²) < 4.78 is 10.3. The Labute approximate surface area is 161 Å². The Bertz CT molecular complexity index is 478. The highest BCUT2D eigenvalue weighted by atomic mass is 35.5. The van der Waals surface area contributed by atoms with Gasteiger partial charge in [0.05, 0.1) is 6.54 Å². The van der Waals surface area contributed by atoms with Crippen LogP contribution in [-0.4, -0.2) is 58.1 Å². The molecule has 0 aliphatic rings. The number of quaternary nitrogens is 1. The van der Waals surface area contributed by atoms with E-state index >= 15 is 0 Å². The number of hydrogen-bond donors (Lipinski definition) is 3. The molecule has 148 valence electrons. The highest BCUT2D eigenvalue weighted by Crippen LogP contribution is 1.97. The molecule has 1 aromatic rings. The van der Waals surface area contributed by atoms with E-state index in [2.05, 4.69) is 22.8 Å². The fraction of sp³-hybridized carbons (Fsp3) is 0.556. The van der Waals surface area contributed by atoms with Crippen LogP contribution in [0.5, 0.6) is 0 Å². The van der Waals surface area contributed by atoms with E-state index in [-0.39, 0.29) is 12.4 Å². The number of rotatable bonds is 11. The maximum absolute atomic E-state index is 11.4. The van der Waals surface area contributed by atoms with E-state index in [0.717, 1.165) is 13.0 Å². The van der Waals surface area contributed by atoms with E-state index in [1.807, 2.05) is 32.0 Å². The second-order valence-corrected chi connectivity index (χ2v) is 5.57. The third kappa shape index (κ3) is 11.5. The molecule has 1 aromatic carbocycles. The van der Waals surface area contributed by atoms with Crippen LogP contribution in [0.25, 0.3) is 0 Å². The fourth-order valence-electron chi connectivity index (χ4n) is 2.31. The first-order valence-electron chi connectivity index (χ1n) is 8.84. The van der Waals surface area contributed by atoms with Crippen LogP contribution in [0.15, 0.2) is 30.3 Å². The summed E-state index contributed by atoms with van der Waals surface area (Å²) in [6, 6.07) is 10.2. The molecule has 0 bridgehead atoms. The van der Waals surface area contributed by atoms with Crippen LogP contribution in [0, 0.1) is 0 Å². The van der Waals surface area contributed by atoms with Crippen molar-refractivity contribution in [3.8, 4) is 0 Å². The molecule has 3 N–H and O–H groups in total. The molecular formula is C18H30ClN3O4. The van der Waals surface area contributed by atoms with E-state index in [4.69, 9.17) is 9.47 Å². The molecule has 8 heteroatoms. The predicted octanol–water partition coefficient (Wildman–Crippen LogP) is -2.39. The van der Waals surface area contributed by atoms with E-state index in [9.17, 15) is 9.59 Å². The number of carbonyl (C=O) groups excluding carboxylic acids is 2. The quantitative estimate of drug-likeness (QED) is 0.396. The monoisotopic (exact) mass is 387 g/mol. The number of halogens is 1. The van der Waals surface area contributed by atoms with E-state index < -0.39 is 12.2 Å². The lowest BCUT2D eigenvalue weighted by atomic mass is 10.1. The molecule has 0 heterocycles. The zero-order valence-corrected chi connectivity index (χ0v) is 16.3. The smallest absolute Gasteiger partial charge is 0.407 e. The number of alkyl carbamates (subject to hydrolysis) is 2. The van der Waals surface area contributed by atoms with Crippen molar-refractivity contribution in [2.45, 2.75) is 20.3 Å². The van der Waals surface area contributed by atoms with Gasteiger partial charge in [0.15, 0.2) is 0 Å². The first-order valence-corrected chi connectivity index (χ1v) is 8.84. The molecule has 7 nitrogen and oxygen atoms in total. The van der Waals surface area contributed by atoms with Crippen LogP contribution in [0.4, 0.5) is 9.59 Å². The third-order valence-corrected chi connectivity index (χ3v) is 3.63. The standard InChI is InChI=1S/C18H29N3O4.ClH/c1-3-19-17(22)24-14-12-21(13-15-25-18(23)20-4-2)11-10-16-8-6-5-7-9-16;/h5-9H,3-4,10-15H2,1-2H3,(H,19,22)(H,20,23);1H. The fourth-order valence-corrected chi connectivity index (χ4v) is 2.31. The molecule has 0 aliphatic heterocycles. The highest BCUT2D eigenvalue weighted by molar-refractivity contribution is 5.67. The Morgan fingerprint density at radius 3 is 1.85 bits per heavy atom. The van der Waals surface area contributed by atoms with Crippen LogP contribution >= 0.6 is 0 Å². The molecule has 2 amide bonds. The molecule has 0 saturated carbocycles. The SMILES string of the molecule is CCNC(=O)OCC[NH+](CCOC(=O)NCC)CCc1ccccc1.[Cl-]. The van der Waals surface area contributed by atoms with Gasteiger partial charge in [-0.15, -0.1) is 0 Å². The molecule has 0 unspecified atom stereocenters. The number of hydrogen-bond acceptors (Lipinski definition) is 4. The molecule has 0 atom stereocenters. The normalized spacial score (nSPS) is 9.96. The summed E-state index contributed by atoms with van der Waals surface area (Å²) in [5.74, 6) is 0. The Morgan fingerprint density at radius 1 is 0.885 bits per heavy atom. The number of nitrogens with one attached hydrogen (secondary N) is 3. The van der Waals surface area contributed by atoms with Crippen molar-refractivity contribution < 1.29 is 36.4 Å². The Balaban J connectivity index is 0.00000625. The zero-order valence-electron chi connectivity index (χ0n) is 15.6. The molecule has 0 aliphatic carbocycles. The number of ether oxygens (including phenoxy) is 2. The number of benzene rings is 1. The van der Waals surface area contributed by atoms with Gasteiger partial charge in [-0.3, -0.25) is 0 Å². The largest absolute Gasteiger partial charge is 1.00 e. The van der Waals surface area contributed by atoms with Gasteiger partial charge >= 0.3 is 12.2 Å². The maximum atomic E-state index is 11.4. The first-order chi connectivity index (χ1) is 12.2. The summed E-state index contributed by atoms with van der Waals surface area (Å²) in [5, 5.41) is 5.20. The van der Waals surface area contributed by atoms with Crippen LogP contribution in [0.3, 0.4) is 0 Å². The lowest BCUT2D eigenvalue weighted by molar-refractivity contribution is -0.900. The maximum Gasteiger partial charge on any atom is 0.407 e. The van der Waals surface area contributed by atoms with Crippen molar-refractivity contribution in [3.05, 3.63) is 35.9 Å². The van der Waals surface area contributed by atoms with E-state index in [1.165, 1.54) is 10.5 Å². The average molecular weight is 388 g/mol. The van der Waals surface area contributed by atoms with Gasteiger partial charge in [-0.1, -0.05) is 30.3 Å². The molecule has 1 rings (SSSR count). The molecular weight excluding hydrogens is 358 g/mol. The lowest BCUT2D eigenvalue weighted by Crippen LogP contribution is -3.13. The summed E-state index contributed by atoms with van der Waals surface area (Å²) in [6.07, 6.45) is 0.116. The Kier molecular flexibility index (Phi) is 14.1. The van der Waals surface area contributed by atoms with Gasteiger partial charge < -0.3 is 37.4 Å². The molecule has 0 fully saturated rings. The average Bonchev–Trinajstić information content (AvgIpc) is 2.60. The number of amides is 2. The number of carbonyl (C=O) groups is 2. The van der Waals surface area contributed by atoms with Crippen LogP contribution < -0.4 is 27.9 Å². The van der Waals surface area contributed by atoms with Gasteiger partial charge in [0, 0.05) is 19.5 Å². The van der Waals surface area contributed by atoms with E-state index in [0.29, 0.717) is 39.4 Å². The van der Waals surface area contributed by atoms with Gasteiger partial charge in [-0.05, 0) is 19.4 Å². The Hall–Kier alpha value is -1.99. The third-order valence-electron chi connectivity index (χ3n) is 3.63. The van der Waals surface area contributed by atoms with Crippen molar-refractivity contribution >= 4 is 12.2 Å². The molecule has 0 radical (unpaired) electrons. The zero-order chi connectivity index (χ0) is 18.3. The van der Waals surface area contributed by atoms with Gasteiger partial charge in [0.2, 0.25) is 0 Å². The summed E-state index contributed by atoms with van der Waals surface area (Å²) in [6.45, 7) is 7.66. The van der Waals surface area contributed by atoms with E-state index in [1.54, 1.807) is 0 Å². The molecule has 0 aromatic heterocycles. The lowest BCUT2D eigenvalue weighted by Gasteiger charge is -2.19. The van der Waals surface area contributed by atoms with Crippen molar-refractivity contribution in [1.82, 2.24) is 10.6 Å². The minimum Gasteiger partial charge on any atom is -1.00 e. The Morgan fingerprint density at radius 2 is 1.38 bits per heavy atom. The predicted molar refractivity (Wildman–Crippen MR) is 95.8 cm³/mol. The summed E-state index contributed by atoms with van der Waals surface area (Å²) in [7, 11) is 0. The van der Waals surface area contributed by atoms with Crippen molar-refractivity contribution in [2.24, 2.45) is 0 Å². The summed E-state index contributed by atoms with van der Waals surface area (Å²) in [4.78, 5) is 23.9. The molecule has 0 spiro atoms. The van der Waals surface area contributed by atoms with Gasteiger partial charge in [-0.2, -0.15) is 0 Å². The second-order valence-electron chi connectivity index (χ2n) is 5.57. The van der Waals surface area contributed by atoms with Gasteiger partial charge in [0.1, 0.15) is 26.3 Å². The minimum absolute atomic E-state index is 0. The first kappa shape index (κ1) is 24.0. The van der Waals surface area contributed by atoms with Crippen LogP contribution in [-0.2, 0) is 15.9 Å². The van der Waals surface area contributed by atoms with Crippen LogP contribution in [0.2, 0.25) is 0 Å². The summed E-state index contributed by atoms with van der Waals surface area (Å²) in [5.41, 5.74) is 1.26. The molecule has 0 saturated heterocycles. The van der Waals surface area contributed by atoms with Crippen molar-refractivity contribution in [1.29, 1.82) is 0 Å². The van der Waals surface area contributed by atoms with Gasteiger partial charge in [-0.25, -0.2) is 9.59 Å². The van der Waals surface area contributed by atoms with Crippen LogP contribution in [0.1, 0.15) is 19.4 Å². The van der Waals surface area contributed by atoms with Gasteiger partial charge in [0.25, 0.3) is 0 Å². The molecule has 26 heavy (non-hydrogen) atoms. The second kappa shape index (κ2) is 15.3.